The first-order valence-corrected chi connectivity index (χ1v) is 8.36. The number of rotatable bonds is 4. The molecule has 1 atom stereocenters. The van der Waals surface area contributed by atoms with Crippen LogP contribution in [0, 0.1) is 0 Å². The van der Waals surface area contributed by atoms with Crippen LogP contribution in [0.5, 0.6) is 0 Å². The molecule has 0 spiro atoms. The predicted octanol–water partition coefficient (Wildman–Crippen LogP) is 2.69. The minimum Gasteiger partial charge on any atom is -0.342 e. The molecule has 3 heterocycles. The van der Waals surface area contributed by atoms with Crippen LogP contribution in [0.15, 0.2) is 59.3 Å². The maximum Gasteiger partial charge on any atom is 0.231 e. The van der Waals surface area contributed by atoms with E-state index < -0.39 is 0 Å². The van der Waals surface area contributed by atoms with Gasteiger partial charge in [-0.15, -0.1) is 0 Å². The van der Waals surface area contributed by atoms with Gasteiger partial charge in [0.1, 0.15) is 5.69 Å². The third-order valence-corrected chi connectivity index (χ3v) is 4.42. The summed E-state index contributed by atoms with van der Waals surface area (Å²) in [6.07, 6.45) is 2.96. The van der Waals surface area contributed by atoms with Gasteiger partial charge in [0.15, 0.2) is 0 Å². The minimum absolute atomic E-state index is 0.0877. The molecule has 126 valence electrons. The lowest BCUT2D eigenvalue weighted by molar-refractivity contribution is -0.129. The fourth-order valence-corrected chi connectivity index (χ4v) is 3.07. The van der Waals surface area contributed by atoms with E-state index in [0.29, 0.717) is 30.4 Å². The summed E-state index contributed by atoms with van der Waals surface area (Å²) in [6, 6.07) is 15.4. The standard InChI is InChI=1S/C19H18N4O2/c24-17(12-14-6-2-1-3-7-14)23-11-9-15(13-23)19-21-18(22-25-19)16-8-4-5-10-20-16/h1-8,10,15H,9,11-13H2/t15-/m1/s1. The molecular formula is C19H18N4O2. The smallest absolute Gasteiger partial charge is 0.231 e. The molecule has 1 amide bonds. The normalized spacial score (nSPS) is 17.0. The van der Waals surface area contributed by atoms with Gasteiger partial charge in [0.05, 0.1) is 12.3 Å². The summed E-state index contributed by atoms with van der Waals surface area (Å²) in [4.78, 5) is 23.0. The highest BCUT2D eigenvalue weighted by molar-refractivity contribution is 5.79. The summed E-state index contributed by atoms with van der Waals surface area (Å²) >= 11 is 0. The van der Waals surface area contributed by atoms with Crippen molar-refractivity contribution in [3.63, 3.8) is 0 Å². The average molecular weight is 334 g/mol. The molecule has 0 N–H and O–H groups in total. The molecule has 3 aromatic rings. The molecule has 4 rings (SSSR count). The Balaban J connectivity index is 1.41. The van der Waals surface area contributed by atoms with Crippen molar-refractivity contribution in [2.75, 3.05) is 13.1 Å². The molecule has 1 aliphatic rings. The number of carbonyl (C=O) groups excluding carboxylic acids is 1. The van der Waals surface area contributed by atoms with Crippen molar-refractivity contribution < 1.29 is 9.32 Å². The third-order valence-electron chi connectivity index (χ3n) is 4.42. The highest BCUT2D eigenvalue weighted by Gasteiger charge is 2.31. The molecule has 25 heavy (non-hydrogen) atoms. The van der Waals surface area contributed by atoms with Crippen molar-refractivity contribution >= 4 is 5.91 Å². The van der Waals surface area contributed by atoms with E-state index in [9.17, 15) is 4.79 Å². The van der Waals surface area contributed by atoms with Crippen LogP contribution in [-0.4, -0.2) is 39.0 Å². The summed E-state index contributed by atoms with van der Waals surface area (Å²) in [5.41, 5.74) is 1.72. The van der Waals surface area contributed by atoms with Gasteiger partial charge in [-0.05, 0) is 24.1 Å². The third kappa shape index (κ3) is 3.42. The largest absolute Gasteiger partial charge is 0.342 e. The van der Waals surface area contributed by atoms with Gasteiger partial charge in [-0.3, -0.25) is 9.78 Å². The van der Waals surface area contributed by atoms with Crippen LogP contribution in [0.1, 0.15) is 23.8 Å². The van der Waals surface area contributed by atoms with Gasteiger partial charge in [-0.25, -0.2) is 0 Å². The van der Waals surface area contributed by atoms with Crippen molar-refractivity contribution in [1.29, 1.82) is 0 Å². The molecular weight excluding hydrogens is 316 g/mol. The lowest BCUT2D eigenvalue weighted by atomic mass is 10.1. The van der Waals surface area contributed by atoms with E-state index in [1.165, 1.54) is 0 Å². The molecule has 1 aromatic carbocycles. The summed E-state index contributed by atoms with van der Waals surface area (Å²) in [5.74, 6) is 1.29. The topological polar surface area (TPSA) is 72.1 Å². The Bertz CT molecular complexity index is 848. The van der Waals surface area contributed by atoms with Gasteiger partial charge < -0.3 is 9.42 Å². The van der Waals surface area contributed by atoms with Crippen LogP contribution >= 0.6 is 0 Å². The summed E-state index contributed by atoms with van der Waals surface area (Å²) in [7, 11) is 0. The molecule has 2 aromatic heterocycles. The van der Waals surface area contributed by atoms with Crippen molar-refractivity contribution in [1.82, 2.24) is 20.0 Å². The van der Waals surface area contributed by atoms with Crippen LogP contribution in [0.25, 0.3) is 11.5 Å². The first-order chi connectivity index (χ1) is 12.3. The molecule has 0 unspecified atom stereocenters. The first-order valence-electron chi connectivity index (χ1n) is 8.36. The number of pyridine rings is 1. The SMILES string of the molecule is O=C(Cc1ccccc1)N1CC[C@@H](c2nc(-c3ccccn3)no2)C1. The quantitative estimate of drug-likeness (QED) is 0.733. The average Bonchev–Trinajstić information content (AvgIpc) is 3.33. The molecule has 0 saturated carbocycles. The fraction of sp³-hybridized carbons (Fsp3) is 0.263. The van der Waals surface area contributed by atoms with Crippen LogP contribution in [0.2, 0.25) is 0 Å². The Morgan fingerprint density at radius 2 is 2.00 bits per heavy atom. The Kier molecular flexibility index (Phi) is 4.24. The maximum atomic E-state index is 12.5. The highest BCUT2D eigenvalue weighted by Crippen LogP contribution is 2.27. The van der Waals surface area contributed by atoms with Gasteiger partial charge in [0, 0.05) is 19.3 Å². The molecule has 1 saturated heterocycles. The van der Waals surface area contributed by atoms with Gasteiger partial charge in [0.25, 0.3) is 0 Å². The Morgan fingerprint density at radius 3 is 2.80 bits per heavy atom. The Morgan fingerprint density at radius 1 is 1.16 bits per heavy atom. The van der Waals surface area contributed by atoms with E-state index in [0.717, 1.165) is 18.5 Å². The van der Waals surface area contributed by atoms with Crippen LogP contribution in [-0.2, 0) is 11.2 Å². The summed E-state index contributed by atoms with van der Waals surface area (Å²) in [6.45, 7) is 1.34. The van der Waals surface area contributed by atoms with Gasteiger partial charge >= 0.3 is 0 Å². The monoisotopic (exact) mass is 334 g/mol. The van der Waals surface area contributed by atoms with E-state index in [4.69, 9.17) is 4.52 Å². The number of hydrogen-bond donors (Lipinski definition) is 0. The second kappa shape index (κ2) is 6.84. The molecule has 1 aliphatic heterocycles. The summed E-state index contributed by atoms with van der Waals surface area (Å²) < 4.78 is 5.41. The van der Waals surface area contributed by atoms with E-state index >= 15 is 0 Å². The molecule has 6 heteroatoms. The van der Waals surface area contributed by atoms with Crippen molar-refractivity contribution in [2.24, 2.45) is 0 Å². The van der Waals surface area contributed by atoms with Crippen LogP contribution in [0.3, 0.4) is 0 Å². The molecule has 1 fully saturated rings. The van der Waals surface area contributed by atoms with Crippen molar-refractivity contribution in [2.45, 2.75) is 18.8 Å². The maximum absolute atomic E-state index is 12.5. The van der Waals surface area contributed by atoms with Gasteiger partial charge in [0.2, 0.25) is 17.6 Å². The second-order valence-corrected chi connectivity index (χ2v) is 6.16. The number of nitrogens with zero attached hydrogens (tertiary/aromatic N) is 4. The lowest BCUT2D eigenvalue weighted by Crippen LogP contribution is -2.29. The number of carbonyl (C=O) groups is 1. The number of benzene rings is 1. The van der Waals surface area contributed by atoms with Crippen LogP contribution < -0.4 is 0 Å². The zero-order valence-electron chi connectivity index (χ0n) is 13.7. The molecule has 6 nitrogen and oxygen atoms in total. The predicted molar refractivity (Wildman–Crippen MR) is 91.6 cm³/mol. The second-order valence-electron chi connectivity index (χ2n) is 6.16. The highest BCUT2D eigenvalue weighted by atomic mass is 16.5. The zero-order valence-corrected chi connectivity index (χ0v) is 13.7. The van der Waals surface area contributed by atoms with E-state index in [1.807, 2.05) is 53.4 Å². The Hall–Kier alpha value is -3.02. The van der Waals surface area contributed by atoms with Gasteiger partial charge in [-0.2, -0.15) is 4.98 Å². The fourth-order valence-electron chi connectivity index (χ4n) is 3.07. The number of amides is 1. The van der Waals surface area contributed by atoms with E-state index in [-0.39, 0.29) is 11.8 Å². The summed E-state index contributed by atoms with van der Waals surface area (Å²) in [5, 5.41) is 4.02. The molecule has 0 bridgehead atoms. The number of hydrogen-bond acceptors (Lipinski definition) is 5. The zero-order chi connectivity index (χ0) is 17.1. The minimum atomic E-state index is 0.0877. The number of likely N-dealkylation sites (tertiary alicyclic amines) is 1. The first kappa shape index (κ1) is 15.5. The van der Waals surface area contributed by atoms with Crippen molar-refractivity contribution in [3.05, 3.63) is 66.2 Å². The number of aromatic nitrogens is 3. The van der Waals surface area contributed by atoms with Crippen molar-refractivity contribution in [3.8, 4) is 11.5 Å². The van der Waals surface area contributed by atoms with E-state index in [1.54, 1.807) is 6.20 Å². The van der Waals surface area contributed by atoms with Gasteiger partial charge in [-0.1, -0.05) is 41.6 Å². The molecule has 0 aliphatic carbocycles. The van der Waals surface area contributed by atoms with Crippen LogP contribution in [0.4, 0.5) is 0 Å². The Labute approximate surface area is 145 Å². The van der Waals surface area contributed by atoms with E-state index in [2.05, 4.69) is 15.1 Å². The molecule has 0 radical (unpaired) electrons. The lowest BCUT2D eigenvalue weighted by Gasteiger charge is -2.15.